The number of benzene rings is 1. The molecule has 7 nitrogen and oxygen atoms in total. The fraction of sp³-hybridized carbons (Fsp3) is 0.444. The van der Waals surface area contributed by atoms with Crippen molar-refractivity contribution >= 4 is 35.1 Å². The van der Waals surface area contributed by atoms with E-state index in [2.05, 4.69) is 28.4 Å². The van der Waals surface area contributed by atoms with Crippen molar-refractivity contribution in [3.63, 3.8) is 0 Å². The molecule has 0 radical (unpaired) electrons. The van der Waals surface area contributed by atoms with E-state index in [1.807, 2.05) is 30.3 Å². The van der Waals surface area contributed by atoms with Crippen LogP contribution in [0.4, 0.5) is 0 Å². The number of amides is 3. The topological polar surface area (TPSA) is 99.3 Å². The first-order valence-corrected chi connectivity index (χ1v) is 9.11. The van der Waals surface area contributed by atoms with Gasteiger partial charge in [0.05, 0.1) is 0 Å². The van der Waals surface area contributed by atoms with Crippen LogP contribution in [-0.2, 0) is 20.9 Å². The van der Waals surface area contributed by atoms with Crippen molar-refractivity contribution in [2.75, 3.05) is 0 Å². The van der Waals surface area contributed by atoms with E-state index in [9.17, 15) is 14.4 Å². The quantitative estimate of drug-likeness (QED) is 0.298. The van der Waals surface area contributed by atoms with Crippen molar-refractivity contribution in [1.82, 2.24) is 21.5 Å². The summed E-state index contributed by atoms with van der Waals surface area (Å²) in [5.74, 6) is -0.788. The molecule has 0 heterocycles. The van der Waals surface area contributed by atoms with E-state index in [0.29, 0.717) is 13.0 Å². The number of hydrogen-bond donors (Lipinski definition) is 4. The normalized spacial score (nSPS) is 9.88. The zero-order valence-electron chi connectivity index (χ0n) is 15.0. The fourth-order valence-electron chi connectivity index (χ4n) is 2.06. The summed E-state index contributed by atoms with van der Waals surface area (Å²) in [6.45, 7) is 2.48. The van der Waals surface area contributed by atoms with Gasteiger partial charge in [-0.15, -0.1) is 0 Å². The summed E-state index contributed by atoms with van der Waals surface area (Å²) in [4.78, 5) is 35.0. The Morgan fingerprint density at radius 3 is 2.27 bits per heavy atom. The molecule has 0 fully saturated rings. The maximum atomic E-state index is 11.7. The molecule has 142 valence electrons. The zero-order chi connectivity index (χ0) is 19.2. The minimum Gasteiger partial charge on any atom is -0.352 e. The molecule has 0 bridgehead atoms. The maximum Gasteiger partial charge on any atom is 0.238 e. The van der Waals surface area contributed by atoms with E-state index in [-0.39, 0.29) is 35.7 Å². The molecule has 26 heavy (non-hydrogen) atoms. The van der Waals surface area contributed by atoms with E-state index in [4.69, 9.17) is 12.2 Å². The van der Waals surface area contributed by atoms with Gasteiger partial charge in [0.15, 0.2) is 5.11 Å². The summed E-state index contributed by atoms with van der Waals surface area (Å²) in [5, 5.41) is 5.27. The molecule has 8 heteroatoms. The summed E-state index contributed by atoms with van der Waals surface area (Å²) < 4.78 is 0. The van der Waals surface area contributed by atoms with E-state index in [1.165, 1.54) is 0 Å². The van der Waals surface area contributed by atoms with Gasteiger partial charge in [0, 0.05) is 25.8 Å². The standard InChI is InChI=1S/C18H26N4O3S/c1-2-3-5-10-16(24)20-18(26)22-21-17(25)12-11-15(23)19-13-14-8-6-4-7-9-14/h4,6-9H,2-3,5,10-13H2,1H3,(H,19,23)(H,21,25)(H2,20,22,24,26). The second-order valence-corrected chi connectivity index (χ2v) is 6.18. The Morgan fingerprint density at radius 2 is 1.58 bits per heavy atom. The van der Waals surface area contributed by atoms with E-state index >= 15 is 0 Å². The van der Waals surface area contributed by atoms with Crippen LogP contribution in [0.25, 0.3) is 0 Å². The molecule has 0 saturated carbocycles. The van der Waals surface area contributed by atoms with Gasteiger partial charge < -0.3 is 10.6 Å². The van der Waals surface area contributed by atoms with Crippen LogP contribution in [0.15, 0.2) is 30.3 Å². The smallest absolute Gasteiger partial charge is 0.238 e. The third kappa shape index (κ3) is 10.4. The molecule has 0 aliphatic carbocycles. The first-order valence-electron chi connectivity index (χ1n) is 8.70. The number of thiocarbonyl (C=S) groups is 1. The van der Waals surface area contributed by atoms with Crippen LogP contribution in [0.5, 0.6) is 0 Å². The summed E-state index contributed by atoms with van der Waals surface area (Å²) in [6, 6.07) is 9.52. The Kier molecular flexibility index (Phi) is 10.6. The largest absolute Gasteiger partial charge is 0.352 e. The van der Waals surface area contributed by atoms with Gasteiger partial charge in [-0.25, -0.2) is 0 Å². The number of carbonyl (C=O) groups is 3. The summed E-state index contributed by atoms with van der Waals surface area (Å²) in [7, 11) is 0. The number of hydrogen-bond acceptors (Lipinski definition) is 4. The van der Waals surface area contributed by atoms with Gasteiger partial charge in [0.25, 0.3) is 0 Å². The van der Waals surface area contributed by atoms with Crippen LogP contribution in [0, 0.1) is 0 Å². The number of rotatable bonds is 9. The monoisotopic (exact) mass is 378 g/mol. The van der Waals surface area contributed by atoms with Crippen molar-refractivity contribution < 1.29 is 14.4 Å². The molecular weight excluding hydrogens is 352 g/mol. The minimum absolute atomic E-state index is 0.0146. The van der Waals surface area contributed by atoms with E-state index in [0.717, 1.165) is 24.8 Å². The third-order valence-electron chi connectivity index (χ3n) is 3.49. The molecule has 3 amide bonds. The zero-order valence-corrected chi connectivity index (χ0v) is 15.8. The molecule has 1 aromatic carbocycles. The van der Waals surface area contributed by atoms with E-state index < -0.39 is 0 Å². The van der Waals surface area contributed by atoms with Crippen molar-refractivity contribution in [3.05, 3.63) is 35.9 Å². The second-order valence-electron chi connectivity index (χ2n) is 5.77. The first kappa shape index (κ1) is 21.6. The average Bonchev–Trinajstić information content (AvgIpc) is 2.64. The molecule has 0 unspecified atom stereocenters. The maximum absolute atomic E-state index is 11.7. The highest BCUT2D eigenvalue weighted by atomic mass is 32.1. The molecule has 0 saturated heterocycles. The Morgan fingerprint density at radius 1 is 0.885 bits per heavy atom. The minimum atomic E-state index is -0.387. The van der Waals surface area contributed by atoms with Crippen LogP contribution in [0.3, 0.4) is 0 Å². The van der Waals surface area contributed by atoms with Gasteiger partial charge in [-0.05, 0) is 24.2 Å². The lowest BCUT2D eigenvalue weighted by Crippen LogP contribution is -2.48. The lowest BCUT2D eigenvalue weighted by atomic mass is 10.2. The number of carbonyl (C=O) groups excluding carboxylic acids is 3. The van der Waals surface area contributed by atoms with E-state index in [1.54, 1.807) is 0 Å². The van der Waals surface area contributed by atoms with Crippen LogP contribution in [-0.4, -0.2) is 22.8 Å². The fourth-order valence-corrected chi connectivity index (χ4v) is 2.22. The van der Waals surface area contributed by atoms with Crippen molar-refractivity contribution in [2.24, 2.45) is 0 Å². The SMILES string of the molecule is CCCCCC(=O)NC(=S)NNC(=O)CCC(=O)NCc1ccccc1. The number of hydrazine groups is 1. The van der Waals surface area contributed by atoms with Gasteiger partial charge in [-0.1, -0.05) is 50.1 Å². The molecular formula is C18H26N4O3S. The second kappa shape index (κ2) is 12.8. The Bertz CT molecular complexity index is 608. The third-order valence-corrected chi connectivity index (χ3v) is 3.69. The van der Waals surface area contributed by atoms with Gasteiger partial charge in [0.2, 0.25) is 17.7 Å². The van der Waals surface area contributed by atoms with Gasteiger partial charge >= 0.3 is 0 Å². The lowest BCUT2D eigenvalue weighted by Gasteiger charge is -2.10. The highest BCUT2D eigenvalue weighted by molar-refractivity contribution is 7.80. The highest BCUT2D eigenvalue weighted by Crippen LogP contribution is 1.99. The molecule has 0 aliphatic rings. The molecule has 0 aliphatic heterocycles. The van der Waals surface area contributed by atoms with Crippen molar-refractivity contribution in [1.29, 1.82) is 0 Å². The molecule has 1 rings (SSSR count). The summed E-state index contributed by atoms with van der Waals surface area (Å²) in [6.07, 6.45) is 3.29. The van der Waals surface area contributed by atoms with Crippen LogP contribution < -0.4 is 21.5 Å². The number of nitrogens with one attached hydrogen (secondary N) is 4. The van der Waals surface area contributed by atoms with Crippen LogP contribution in [0.2, 0.25) is 0 Å². The first-order chi connectivity index (χ1) is 12.5. The summed E-state index contributed by atoms with van der Waals surface area (Å²) in [5.41, 5.74) is 5.81. The molecule has 0 atom stereocenters. The average molecular weight is 378 g/mol. The summed E-state index contributed by atoms with van der Waals surface area (Å²) >= 11 is 4.92. The van der Waals surface area contributed by atoms with Crippen molar-refractivity contribution in [2.45, 2.75) is 52.0 Å². The molecule has 0 aromatic heterocycles. The van der Waals surface area contributed by atoms with Crippen LogP contribution >= 0.6 is 12.2 Å². The van der Waals surface area contributed by atoms with Gasteiger partial charge in [-0.2, -0.15) is 0 Å². The highest BCUT2D eigenvalue weighted by Gasteiger charge is 2.08. The molecule has 0 spiro atoms. The lowest BCUT2D eigenvalue weighted by molar-refractivity contribution is -0.126. The molecule has 4 N–H and O–H groups in total. The van der Waals surface area contributed by atoms with Gasteiger partial charge in [0.1, 0.15) is 0 Å². The Balaban J connectivity index is 2.12. The predicted molar refractivity (Wildman–Crippen MR) is 104 cm³/mol. The van der Waals surface area contributed by atoms with Gasteiger partial charge in [-0.3, -0.25) is 25.2 Å². The Hall–Kier alpha value is -2.48. The van der Waals surface area contributed by atoms with Crippen LogP contribution in [0.1, 0.15) is 51.0 Å². The Labute approximate surface area is 159 Å². The predicted octanol–water partition coefficient (Wildman–Crippen LogP) is 1.69. The number of unbranched alkanes of at least 4 members (excludes halogenated alkanes) is 2. The molecule has 1 aromatic rings. The van der Waals surface area contributed by atoms with Crippen molar-refractivity contribution in [3.8, 4) is 0 Å².